The SMILES string of the molecule is NC(=O)C1CCN(c2c(Cl)cncc2-c2cncnc2)CC1. The van der Waals surface area contributed by atoms with E-state index in [1.54, 1.807) is 24.8 Å². The number of pyridine rings is 1. The third-order valence-electron chi connectivity index (χ3n) is 3.96. The predicted octanol–water partition coefficient (Wildman–Crippen LogP) is 1.89. The molecule has 1 saturated heterocycles. The first-order valence-electron chi connectivity index (χ1n) is 7.10. The standard InChI is InChI=1S/C15H16ClN5O/c16-13-8-18-7-12(11-5-19-9-20-6-11)14(13)21-3-1-10(2-4-21)15(17)22/h5-10H,1-4H2,(H2,17,22). The highest BCUT2D eigenvalue weighted by molar-refractivity contribution is 6.33. The molecule has 0 bridgehead atoms. The Morgan fingerprint density at radius 1 is 1.14 bits per heavy atom. The van der Waals surface area contributed by atoms with Gasteiger partial charge in [-0.3, -0.25) is 9.78 Å². The fourth-order valence-electron chi connectivity index (χ4n) is 2.79. The fraction of sp³-hybridized carbons (Fsp3) is 0.333. The third-order valence-corrected chi connectivity index (χ3v) is 4.23. The van der Waals surface area contributed by atoms with Crippen molar-refractivity contribution >= 4 is 23.2 Å². The minimum absolute atomic E-state index is 0.0552. The van der Waals surface area contributed by atoms with Crippen molar-refractivity contribution in [2.75, 3.05) is 18.0 Å². The summed E-state index contributed by atoms with van der Waals surface area (Å²) in [7, 11) is 0. The summed E-state index contributed by atoms with van der Waals surface area (Å²) < 4.78 is 0. The molecule has 2 aromatic rings. The average Bonchev–Trinajstić information content (AvgIpc) is 2.55. The Balaban J connectivity index is 1.93. The number of piperidine rings is 1. The third kappa shape index (κ3) is 2.87. The number of hydrogen-bond donors (Lipinski definition) is 1. The highest BCUT2D eigenvalue weighted by atomic mass is 35.5. The van der Waals surface area contributed by atoms with Crippen molar-refractivity contribution in [1.29, 1.82) is 0 Å². The zero-order valence-electron chi connectivity index (χ0n) is 11.9. The lowest BCUT2D eigenvalue weighted by molar-refractivity contribution is -0.122. The summed E-state index contributed by atoms with van der Waals surface area (Å²) in [4.78, 5) is 25.7. The van der Waals surface area contributed by atoms with Crippen LogP contribution in [0, 0.1) is 5.92 Å². The average molecular weight is 318 g/mol. The number of hydrogen-bond acceptors (Lipinski definition) is 5. The van der Waals surface area contributed by atoms with Crippen LogP contribution in [0.5, 0.6) is 0 Å². The topological polar surface area (TPSA) is 85.0 Å². The van der Waals surface area contributed by atoms with Gasteiger partial charge in [0.15, 0.2) is 0 Å². The van der Waals surface area contributed by atoms with Crippen LogP contribution in [0.25, 0.3) is 11.1 Å². The second-order valence-electron chi connectivity index (χ2n) is 5.31. The van der Waals surface area contributed by atoms with E-state index in [1.807, 2.05) is 0 Å². The van der Waals surface area contributed by atoms with Crippen molar-refractivity contribution in [2.45, 2.75) is 12.8 Å². The molecule has 1 aliphatic heterocycles. The van der Waals surface area contributed by atoms with E-state index >= 15 is 0 Å². The summed E-state index contributed by atoms with van der Waals surface area (Å²) in [6.07, 6.45) is 9.82. The minimum atomic E-state index is -0.225. The number of nitrogens with two attached hydrogens (primary N) is 1. The number of primary amides is 1. The summed E-state index contributed by atoms with van der Waals surface area (Å²) in [5.41, 5.74) is 8.06. The molecule has 2 aromatic heterocycles. The number of carbonyl (C=O) groups excluding carboxylic acids is 1. The van der Waals surface area contributed by atoms with Crippen molar-refractivity contribution in [2.24, 2.45) is 11.7 Å². The first-order valence-corrected chi connectivity index (χ1v) is 7.47. The number of rotatable bonds is 3. The Morgan fingerprint density at radius 2 is 1.82 bits per heavy atom. The van der Waals surface area contributed by atoms with E-state index in [9.17, 15) is 4.79 Å². The Bertz CT molecular complexity index is 671. The predicted molar refractivity (Wildman–Crippen MR) is 84.4 cm³/mol. The zero-order chi connectivity index (χ0) is 15.5. The van der Waals surface area contributed by atoms with Crippen LogP contribution in [0.15, 0.2) is 31.1 Å². The maximum absolute atomic E-state index is 11.3. The molecule has 7 heteroatoms. The van der Waals surface area contributed by atoms with Gasteiger partial charge in [-0.1, -0.05) is 11.6 Å². The molecule has 1 fully saturated rings. The highest BCUT2D eigenvalue weighted by Gasteiger charge is 2.26. The Morgan fingerprint density at radius 3 is 2.45 bits per heavy atom. The summed E-state index contributed by atoms with van der Waals surface area (Å²) >= 11 is 6.37. The second-order valence-corrected chi connectivity index (χ2v) is 5.72. The molecule has 0 saturated carbocycles. The smallest absolute Gasteiger partial charge is 0.220 e. The van der Waals surface area contributed by atoms with Crippen molar-refractivity contribution in [3.63, 3.8) is 0 Å². The van der Waals surface area contributed by atoms with Gasteiger partial charge in [-0.05, 0) is 12.8 Å². The van der Waals surface area contributed by atoms with Gasteiger partial charge in [0.25, 0.3) is 0 Å². The molecule has 0 atom stereocenters. The molecular weight excluding hydrogens is 302 g/mol. The number of nitrogens with zero attached hydrogens (tertiary/aromatic N) is 4. The van der Waals surface area contributed by atoms with Crippen molar-refractivity contribution in [1.82, 2.24) is 15.0 Å². The van der Waals surface area contributed by atoms with E-state index in [4.69, 9.17) is 17.3 Å². The van der Waals surface area contributed by atoms with E-state index in [0.717, 1.165) is 42.7 Å². The van der Waals surface area contributed by atoms with Gasteiger partial charge in [-0.25, -0.2) is 9.97 Å². The Hall–Kier alpha value is -2.21. The number of amides is 1. The quantitative estimate of drug-likeness (QED) is 0.934. The number of anilines is 1. The molecule has 3 rings (SSSR count). The van der Waals surface area contributed by atoms with Gasteiger partial charge < -0.3 is 10.6 Å². The van der Waals surface area contributed by atoms with Gasteiger partial charge >= 0.3 is 0 Å². The molecule has 0 unspecified atom stereocenters. The van der Waals surface area contributed by atoms with Crippen LogP contribution >= 0.6 is 11.6 Å². The van der Waals surface area contributed by atoms with Crippen LogP contribution in [-0.4, -0.2) is 33.9 Å². The van der Waals surface area contributed by atoms with Crippen molar-refractivity contribution < 1.29 is 4.79 Å². The first-order chi connectivity index (χ1) is 10.7. The van der Waals surface area contributed by atoms with Gasteiger partial charge in [-0.2, -0.15) is 0 Å². The van der Waals surface area contributed by atoms with Crippen LogP contribution in [0.1, 0.15) is 12.8 Å². The maximum Gasteiger partial charge on any atom is 0.220 e. The number of halogens is 1. The molecule has 0 aromatic carbocycles. The maximum atomic E-state index is 11.3. The largest absolute Gasteiger partial charge is 0.370 e. The minimum Gasteiger partial charge on any atom is -0.370 e. The highest BCUT2D eigenvalue weighted by Crippen LogP contribution is 2.37. The van der Waals surface area contributed by atoms with Crippen LogP contribution < -0.4 is 10.6 Å². The van der Waals surface area contributed by atoms with Crippen LogP contribution in [0.4, 0.5) is 5.69 Å². The molecule has 0 spiro atoms. The monoisotopic (exact) mass is 317 g/mol. The number of aromatic nitrogens is 3. The zero-order valence-corrected chi connectivity index (χ0v) is 12.7. The van der Waals surface area contributed by atoms with E-state index in [0.29, 0.717) is 5.02 Å². The molecular formula is C15H16ClN5O. The van der Waals surface area contributed by atoms with Gasteiger partial charge in [-0.15, -0.1) is 0 Å². The van der Waals surface area contributed by atoms with Gasteiger partial charge in [0, 0.05) is 54.9 Å². The second kappa shape index (κ2) is 6.27. The Kier molecular flexibility index (Phi) is 4.20. The Labute approximate surface area is 133 Å². The molecule has 22 heavy (non-hydrogen) atoms. The van der Waals surface area contributed by atoms with Crippen LogP contribution in [-0.2, 0) is 4.79 Å². The van der Waals surface area contributed by atoms with E-state index < -0.39 is 0 Å². The van der Waals surface area contributed by atoms with Gasteiger partial charge in [0.05, 0.1) is 10.7 Å². The lowest BCUT2D eigenvalue weighted by atomic mass is 9.95. The van der Waals surface area contributed by atoms with Crippen molar-refractivity contribution in [3.8, 4) is 11.1 Å². The summed E-state index contributed by atoms with van der Waals surface area (Å²) in [6, 6.07) is 0. The van der Waals surface area contributed by atoms with Crippen LogP contribution in [0.3, 0.4) is 0 Å². The molecule has 1 aliphatic rings. The summed E-state index contributed by atoms with van der Waals surface area (Å²) in [6.45, 7) is 1.47. The van der Waals surface area contributed by atoms with Gasteiger partial charge in [0.1, 0.15) is 6.33 Å². The molecule has 0 radical (unpaired) electrons. The number of carbonyl (C=O) groups is 1. The lowest BCUT2D eigenvalue weighted by Gasteiger charge is -2.34. The normalized spacial score (nSPS) is 15.8. The molecule has 1 amide bonds. The molecule has 114 valence electrons. The summed E-state index contributed by atoms with van der Waals surface area (Å²) in [5.74, 6) is -0.280. The molecule has 0 aliphatic carbocycles. The van der Waals surface area contributed by atoms with E-state index in [1.165, 1.54) is 6.33 Å². The van der Waals surface area contributed by atoms with Crippen molar-refractivity contribution in [3.05, 3.63) is 36.1 Å². The van der Waals surface area contributed by atoms with Gasteiger partial charge in [0.2, 0.25) is 5.91 Å². The van der Waals surface area contributed by atoms with E-state index in [2.05, 4.69) is 19.9 Å². The molecule has 3 heterocycles. The fourth-order valence-corrected chi connectivity index (χ4v) is 3.06. The molecule has 6 nitrogen and oxygen atoms in total. The first kappa shape index (κ1) is 14.7. The lowest BCUT2D eigenvalue weighted by Crippen LogP contribution is -2.38. The summed E-state index contributed by atoms with van der Waals surface area (Å²) in [5, 5.41) is 0.582. The molecule has 2 N–H and O–H groups in total. The van der Waals surface area contributed by atoms with E-state index in [-0.39, 0.29) is 11.8 Å². The van der Waals surface area contributed by atoms with Crippen LogP contribution in [0.2, 0.25) is 5.02 Å².